The Kier molecular flexibility index (Phi) is 6.62. The molecule has 0 aliphatic rings. The van der Waals surface area contributed by atoms with E-state index in [0.29, 0.717) is 30.8 Å². The molecule has 0 aliphatic heterocycles. The van der Waals surface area contributed by atoms with Crippen molar-refractivity contribution in [3.63, 3.8) is 0 Å². The van der Waals surface area contributed by atoms with E-state index in [1.54, 1.807) is 31.2 Å². The van der Waals surface area contributed by atoms with Gasteiger partial charge in [-0.05, 0) is 37.6 Å². The number of amides is 2. The normalized spacial score (nSPS) is 10.4. The average molecular weight is 346 g/mol. The number of carbonyl (C=O) groups excluding carboxylic acids is 2. The smallest absolute Gasteiger partial charge is 0.251 e. The molecule has 0 unspecified atom stereocenters. The van der Waals surface area contributed by atoms with Gasteiger partial charge in [0.25, 0.3) is 5.91 Å². The van der Waals surface area contributed by atoms with Crippen LogP contribution >= 0.6 is 0 Å². The molecule has 0 aliphatic carbocycles. The zero-order chi connectivity index (χ0) is 18.2. The molecular weight excluding hydrogens is 326 g/mol. The molecule has 0 saturated carbocycles. The van der Waals surface area contributed by atoms with E-state index in [9.17, 15) is 18.4 Å². The molecule has 132 valence electrons. The first-order valence-corrected chi connectivity index (χ1v) is 8.11. The van der Waals surface area contributed by atoms with Crippen LogP contribution in [0.4, 0.5) is 14.5 Å². The number of halogens is 2. The van der Waals surface area contributed by atoms with E-state index in [1.807, 2.05) is 6.07 Å². The first kappa shape index (κ1) is 18.6. The Morgan fingerprint density at radius 3 is 2.40 bits per heavy atom. The topological polar surface area (TPSA) is 49.4 Å². The molecule has 0 heterocycles. The molecule has 0 spiro atoms. The molecule has 6 heteroatoms. The highest BCUT2D eigenvalue weighted by Crippen LogP contribution is 2.19. The van der Waals surface area contributed by atoms with Gasteiger partial charge in [-0.25, -0.2) is 8.78 Å². The minimum absolute atomic E-state index is 0.194. The molecule has 0 saturated heterocycles. The molecule has 2 rings (SSSR count). The third kappa shape index (κ3) is 5.11. The van der Waals surface area contributed by atoms with Crippen LogP contribution in [0.15, 0.2) is 48.5 Å². The van der Waals surface area contributed by atoms with E-state index < -0.39 is 11.6 Å². The number of carbonyl (C=O) groups is 2. The van der Waals surface area contributed by atoms with E-state index in [0.717, 1.165) is 12.1 Å². The quantitative estimate of drug-likeness (QED) is 0.780. The fourth-order valence-electron chi connectivity index (χ4n) is 2.42. The largest absolute Gasteiger partial charge is 0.352 e. The second kappa shape index (κ2) is 8.92. The molecule has 4 nitrogen and oxygen atoms in total. The van der Waals surface area contributed by atoms with Crippen LogP contribution in [-0.4, -0.2) is 24.9 Å². The van der Waals surface area contributed by atoms with Crippen LogP contribution in [0.3, 0.4) is 0 Å². The standard InChI is InChI=1S/C19H20F2N2O2/c1-2-23(15-10-11-16(20)17(21)13-15)18(24)9-6-12-22-19(25)14-7-4-3-5-8-14/h3-5,7-8,10-11,13H,2,6,9,12H2,1H3,(H,22,25). The van der Waals surface area contributed by atoms with Crippen molar-refractivity contribution in [3.05, 3.63) is 65.7 Å². The van der Waals surface area contributed by atoms with Crippen LogP contribution < -0.4 is 10.2 Å². The Balaban J connectivity index is 1.84. The third-order valence-electron chi connectivity index (χ3n) is 3.72. The summed E-state index contributed by atoms with van der Waals surface area (Å²) < 4.78 is 26.3. The molecular formula is C19H20F2N2O2. The highest BCUT2D eigenvalue weighted by molar-refractivity contribution is 5.94. The first-order valence-electron chi connectivity index (χ1n) is 8.11. The van der Waals surface area contributed by atoms with Crippen LogP contribution in [0.25, 0.3) is 0 Å². The molecule has 2 aromatic carbocycles. The van der Waals surface area contributed by atoms with Gasteiger partial charge in [-0.1, -0.05) is 18.2 Å². The SMILES string of the molecule is CCN(C(=O)CCCNC(=O)c1ccccc1)c1ccc(F)c(F)c1. The lowest BCUT2D eigenvalue weighted by atomic mass is 10.2. The average Bonchev–Trinajstić information content (AvgIpc) is 2.63. The Morgan fingerprint density at radius 1 is 1.04 bits per heavy atom. The molecule has 0 atom stereocenters. The number of nitrogens with zero attached hydrogens (tertiary/aromatic N) is 1. The Morgan fingerprint density at radius 2 is 1.76 bits per heavy atom. The first-order chi connectivity index (χ1) is 12.0. The number of nitrogens with one attached hydrogen (secondary N) is 1. The van der Waals surface area contributed by atoms with E-state index in [1.165, 1.54) is 11.0 Å². The maximum Gasteiger partial charge on any atom is 0.251 e. The fourth-order valence-corrected chi connectivity index (χ4v) is 2.42. The Labute approximate surface area is 145 Å². The van der Waals surface area contributed by atoms with Crippen molar-refractivity contribution in [3.8, 4) is 0 Å². The van der Waals surface area contributed by atoms with Crippen molar-refractivity contribution in [1.29, 1.82) is 0 Å². The summed E-state index contributed by atoms with van der Waals surface area (Å²) in [4.78, 5) is 25.6. The van der Waals surface area contributed by atoms with Gasteiger partial charge >= 0.3 is 0 Å². The lowest BCUT2D eigenvalue weighted by Gasteiger charge is -2.21. The summed E-state index contributed by atoms with van der Waals surface area (Å²) in [7, 11) is 0. The summed E-state index contributed by atoms with van der Waals surface area (Å²) in [6.45, 7) is 2.46. The molecule has 2 aromatic rings. The second-order valence-corrected chi connectivity index (χ2v) is 5.46. The van der Waals surface area contributed by atoms with Crippen molar-refractivity contribution in [1.82, 2.24) is 5.32 Å². The number of benzene rings is 2. The molecule has 0 fully saturated rings. The van der Waals surface area contributed by atoms with E-state index >= 15 is 0 Å². The predicted octanol–water partition coefficient (Wildman–Crippen LogP) is 3.53. The van der Waals surface area contributed by atoms with Gasteiger partial charge in [0, 0.05) is 36.8 Å². The van der Waals surface area contributed by atoms with Gasteiger partial charge in [0.15, 0.2) is 11.6 Å². The number of anilines is 1. The molecule has 2 amide bonds. The maximum atomic E-state index is 13.3. The lowest BCUT2D eigenvalue weighted by Crippen LogP contribution is -2.32. The van der Waals surface area contributed by atoms with Crippen LogP contribution in [0.2, 0.25) is 0 Å². The van der Waals surface area contributed by atoms with Gasteiger partial charge in [-0.3, -0.25) is 9.59 Å². The van der Waals surface area contributed by atoms with Crippen molar-refractivity contribution in [2.75, 3.05) is 18.0 Å². The molecule has 1 N–H and O–H groups in total. The molecule has 0 aromatic heterocycles. The number of rotatable bonds is 7. The summed E-state index contributed by atoms with van der Waals surface area (Å²) >= 11 is 0. The van der Waals surface area contributed by atoms with E-state index in [2.05, 4.69) is 5.32 Å². The van der Waals surface area contributed by atoms with Gasteiger partial charge in [-0.15, -0.1) is 0 Å². The number of hydrogen-bond donors (Lipinski definition) is 1. The fraction of sp³-hybridized carbons (Fsp3) is 0.263. The zero-order valence-corrected chi connectivity index (χ0v) is 14.0. The highest BCUT2D eigenvalue weighted by Gasteiger charge is 2.15. The van der Waals surface area contributed by atoms with E-state index in [-0.39, 0.29) is 18.2 Å². The monoisotopic (exact) mass is 346 g/mol. The van der Waals surface area contributed by atoms with Gasteiger partial charge in [0.05, 0.1) is 0 Å². The molecule has 0 radical (unpaired) electrons. The van der Waals surface area contributed by atoms with Crippen LogP contribution in [-0.2, 0) is 4.79 Å². The lowest BCUT2D eigenvalue weighted by molar-refractivity contribution is -0.118. The third-order valence-corrected chi connectivity index (χ3v) is 3.72. The maximum absolute atomic E-state index is 13.3. The van der Waals surface area contributed by atoms with Crippen molar-refractivity contribution in [2.45, 2.75) is 19.8 Å². The van der Waals surface area contributed by atoms with Crippen molar-refractivity contribution in [2.24, 2.45) is 0 Å². The van der Waals surface area contributed by atoms with Crippen LogP contribution in [0.1, 0.15) is 30.1 Å². The zero-order valence-electron chi connectivity index (χ0n) is 14.0. The summed E-state index contributed by atoms with van der Waals surface area (Å²) in [5.74, 6) is -2.33. The van der Waals surface area contributed by atoms with Gasteiger partial charge in [0.2, 0.25) is 5.91 Å². The van der Waals surface area contributed by atoms with Crippen molar-refractivity contribution >= 4 is 17.5 Å². The number of hydrogen-bond acceptors (Lipinski definition) is 2. The molecule has 0 bridgehead atoms. The van der Waals surface area contributed by atoms with Crippen molar-refractivity contribution < 1.29 is 18.4 Å². The summed E-state index contributed by atoms with van der Waals surface area (Å²) in [6, 6.07) is 12.2. The van der Waals surface area contributed by atoms with Gasteiger partial charge < -0.3 is 10.2 Å². The predicted molar refractivity (Wildman–Crippen MR) is 92.4 cm³/mol. The summed E-state index contributed by atoms with van der Waals surface area (Å²) in [6.07, 6.45) is 0.652. The summed E-state index contributed by atoms with van der Waals surface area (Å²) in [5.41, 5.74) is 0.880. The minimum atomic E-state index is -0.987. The minimum Gasteiger partial charge on any atom is -0.352 e. The van der Waals surface area contributed by atoms with Gasteiger partial charge in [-0.2, -0.15) is 0 Å². The van der Waals surface area contributed by atoms with Crippen LogP contribution in [0.5, 0.6) is 0 Å². The Hall–Kier alpha value is -2.76. The second-order valence-electron chi connectivity index (χ2n) is 5.46. The molecule has 25 heavy (non-hydrogen) atoms. The van der Waals surface area contributed by atoms with Gasteiger partial charge in [0.1, 0.15) is 0 Å². The van der Waals surface area contributed by atoms with Crippen LogP contribution in [0, 0.1) is 11.6 Å². The van der Waals surface area contributed by atoms with E-state index in [4.69, 9.17) is 0 Å². The Bertz CT molecular complexity index is 735. The summed E-state index contributed by atoms with van der Waals surface area (Å²) in [5, 5.41) is 2.75. The highest BCUT2D eigenvalue weighted by atomic mass is 19.2.